The van der Waals surface area contributed by atoms with E-state index in [0.717, 1.165) is 39.1 Å². The van der Waals surface area contributed by atoms with Crippen molar-refractivity contribution in [2.45, 2.75) is 145 Å². The Hall–Kier alpha value is -8.74. The summed E-state index contributed by atoms with van der Waals surface area (Å²) in [6, 6.07) is 36.3. The summed E-state index contributed by atoms with van der Waals surface area (Å²) in [7, 11) is 1.93. The highest BCUT2D eigenvalue weighted by atomic mass is 35.7. The molecular weight excluding hydrogens is 1690 g/mol. The molecule has 0 radical (unpaired) electrons. The summed E-state index contributed by atoms with van der Waals surface area (Å²) in [6.07, 6.45) is 7.53. The van der Waals surface area contributed by atoms with E-state index in [1.54, 1.807) is 95.8 Å². The van der Waals surface area contributed by atoms with E-state index >= 15 is 0 Å². The summed E-state index contributed by atoms with van der Waals surface area (Å²) >= 11 is 23.9. The number of carbonyl (C=O) groups is 6. The van der Waals surface area contributed by atoms with Gasteiger partial charge in [0.05, 0.1) is 63.7 Å². The number of nitrogens with one attached hydrogen (secondary N) is 3. The summed E-state index contributed by atoms with van der Waals surface area (Å²) in [6.45, 7) is 12.3. The molecule has 0 bridgehead atoms. The van der Waals surface area contributed by atoms with Gasteiger partial charge in [0.2, 0.25) is 0 Å². The van der Waals surface area contributed by atoms with Gasteiger partial charge in [-0.25, -0.2) is 28.6 Å². The maximum Gasteiger partial charge on any atom is 0.474 e. The average molecular weight is 1800 g/mol. The number of phosphoric ester groups is 2. The lowest BCUT2D eigenvalue weighted by Gasteiger charge is -2.21. The Balaban J connectivity index is 0.000000307. The van der Waals surface area contributed by atoms with Gasteiger partial charge in [-0.1, -0.05) is 115 Å². The minimum Gasteiger partial charge on any atom is -0.489 e. The van der Waals surface area contributed by atoms with Gasteiger partial charge in [-0.15, -0.1) is 0 Å². The number of imidazole rings is 3. The average Bonchev–Trinajstić information content (AvgIpc) is 1.58. The topological polar surface area (TPSA) is 387 Å². The zero-order chi connectivity index (χ0) is 88.2. The third-order valence-electron chi connectivity index (χ3n) is 17.2. The summed E-state index contributed by atoms with van der Waals surface area (Å²) < 4.78 is 83.7. The van der Waals surface area contributed by atoms with Crippen LogP contribution in [0, 0.1) is 0 Å². The van der Waals surface area contributed by atoms with Crippen molar-refractivity contribution in [3.63, 3.8) is 0 Å². The predicted octanol–water partition coefficient (Wildman–Crippen LogP) is 17.2. The molecule has 0 fully saturated rings. The number of aromatic nitrogens is 6. The molecule has 0 spiro atoms. The molecule has 0 aliphatic heterocycles. The lowest BCUT2D eigenvalue weighted by Crippen LogP contribution is -2.37. The Kier molecular flexibility index (Phi) is 40.9. The second-order valence-electron chi connectivity index (χ2n) is 27.9. The third-order valence-corrected chi connectivity index (χ3v) is 21.7. The van der Waals surface area contributed by atoms with E-state index in [0.29, 0.717) is 110 Å². The SMILES string of the molecule is C.CC(=O)c1nc(-c2ccc(C[C@@H](CCO)NC(=O)c3ccc(OC(C)C)c(Cl)c3)cc2)cn1C.CC(=O)c1nc(-c2ccc(C[C@@H](CCOP(=O)(O)O)NC(=O)c3ccc(OC(C)C)c(Cl)c3)cc2)cn1C.COP(=O)(Cl)OC.COP(=O)(OC)OCC[C@H](Cc1ccc(-c2cn(C)c(C(C)=O)n2)cc1)NC(=O)c1ccc(OC(C)C)c(Cl)c1. The molecule has 6 aromatic carbocycles. The van der Waals surface area contributed by atoms with Gasteiger partial charge in [-0.2, -0.15) is 0 Å². The number of amides is 3. The largest absolute Gasteiger partial charge is 0.489 e. The van der Waals surface area contributed by atoms with Crippen LogP contribution in [0.1, 0.15) is 169 Å². The quantitative estimate of drug-likeness (QED) is 0.0155. The zero-order valence-corrected chi connectivity index (χ0v) is 74.6. The van der Waals surface area contributed by atoms with Gasteiger partial charge in [0.1, 0.15) is 17.2 Å². The van der Waals surface area contributed by atoms with Crippen LogP contribution in [0.15, 0.2) is 146 Å². The Labute approximate surface area is 719 Å². The lowest BCUT2D eigenvalue weighted by molar-refractivity contribution is 0.0917. The van der Waals surface area contributed by atoms with E-state index in [1.165, 1.54) is 55.3 Å². The van der Waals surface area contributed by atoms with Crippen molar-refractivity contribution < 1.29 is 98.7 Å². The highest BCUT2D eigenvalue weighted by Crippen LogP contribution is 2.51. The molecule has 652 valence electrons. The summed E-state index contributed by atoms with van der Waals surface area (Å²) in [5.74, 6) is 1.33. The van der Waals surface area contributed by atoms with Crippen molar-refractivity contribution in [2.75, 3.05) is 48.3 Å². The van der Waals surface area contributed by atoms with Crippen molar-refractivity contribution in [3.8, 4) is 51.0 Å². The highest BCUT2D eigenvalue weighted by molar-refractivity contribution is 7.81. The minimum atomic E-state index is -4.65. The molecule has 3 aromatic heterocycles. The molecule has 0 aliphatic rings. The molecule has 3 atom stereocenters. The second-order valence-corrected chi connectivity index (χ2v) is 35.0. The van der Waals surface area contributed by atoms with E-state index in [2.05, 4.69) is 44.5 Å². The van der Waals surface area contributed by atoms with Crippen molar-refractivity contribution in [3.05, 3.63) is 212 Å². The number of phosphoric acid groups is 2. The molecule has 0 aliphatic carbocycles. The second kappa shape index (κ2) is 48.2. The number of rotatable bonds is 38. The van der Waals surface area contributed by atoms with E-state index in [1.807, 2.05) is 121 Å². The zero-order valence-electron chi connectivity index (χ0n) is 68.9. The van der Waals surface area contributed by atoms with Crippen LogP contribution in [-0.4, -0.2) is 163 Å². The number of halogens is 4. The number of benzene rings is 6. The number of carbonyl (C=O) groups excluding carboxylic acids is 6. The van der Waals surface area contributed by atoms with Crippen LogP contribution in [0.4, 0.5) is 0 Å². The van der Waals surface area contributed by atoms with Crippen LogP contribution in [0.2, 0.25) is 15.1 Å². The Bertz CT molecular complexity index is 5040. The van der Waals surface area contributed by atoms with Gasteiger partial charge in [0.15, 0.2) is 34.8 Å². The molecule has 9 aromatic rings. The number of aryl methyl sites for hydroxylation is 3. The number of Topliss-reactive ketones (excluding diaryl/α,β-unsaturated/α-hetero) is 3. The first kappa shape index (κ1) is 102. The van der Waals surface area contributed by atoms with Crippen LogP contribution >= 0.6 is 68.6 Å². The molecular formula is C83H106Cl4N9O21P3. The van der Waals surface area contributed by atoms with E-state index in [4.69, 9.17) is 83.6 Å². The summed E-state index contributed by atoms with van der Waals surface area (Å²) in [4.78, 5) is 105. The van der Waals surface area contributed by atoms with Crippen LogP contribution in [0.3, 0.4) is 0 Å². The van der Waals surface area contributed by atoms with Crippen LogP contribution in [-0.2, 0) is 81.2 Å². The Morgan fingerprint density at radius 3 is 0.925 bits per heavy atom. The number of nitrogens with zero attached hydrogens (tertiary/aromatic N) is 6. The molecule has 9 rings (SSSR count). The van der Waals surface area contributed by atoms with Gasteiger partial charge >= 0.3 is 22.6 Å². The standard InChI is InChI=1S/C28H35ClN3O7P.C26H31ClN3O7P.C26H30ClN3O4.C2H6ClO3P.CH4/c1-18(2)39-26-12-11-22(16-24(26)29)28(34)30-23(13-14-38-40(35,36-5)37-6)15-20-7-9-21(10-8-20)25-17-32(4)27(31-25)19(3)33;1-16(2)37-24-10-9-20(14-22(24)27)26(32)28-21(11-12-36-38(33,34)35)13-18-5-7-19(8-6-18)23-15-30(4)25(29-23)17(3)31;1-16(2)34-24-10-9-20(14-22(24)27)26(33)28-21(11-12-31)13-18-5-7-19(8-6-18)23-15-30(4)25(29-23)17(3)32;1-5-7(3,4)6-2;/h7-12,16-18,23H,13-15H2,1-6H3,(H,30,34);5-10,14-16,21H,11-13H2,1-4H3,(H,28,32)(H2,33,34,35);5-10,14-16,21,31H,11-13H2,1-4H3,(H,28,33);1-2H3;1H4/t23-;2*21-;;/m111../s1. The summed E-state index contributed by atoms with van der Waals surface area (Å²) in [5.41, 5.74) is 8.58. The number of ketones is 3. The first-order valence-corrected chi connectivity index (χ1v) is 43.9. The van der Waals surface area contributed by atoms with Gasteiger partial charge in [-0.05, 0) is 151 Å². The fraction of sp³-hybridized carbons (Fsp3) is 0.386. The molecule has 30 nitrogen and oxygen atoms in total. The van der Waals surface area contributed by atoms with Gasteiger partial charge < -0.3 is 67.8 Å². The Morgan fingerprint density at radius 2 is 0.708 bits per heavy atom. The number of hydrogen-bond donors (Lipinski definition) is 6. The number of aliphatic hydroxyl groups is 1. The normalized spacial score (nSPS) is 12.2. The number of ether oxygens (including phenoxy) is 3. The molecule has 3 amide bonds. The lowest BCUT2D eigenvalue weighted by atomic mass is 10.0. The van der Waals surface area contributed by atoms with Crippen molar-refractivity contribution in [1.29, 1.82) is 0 Å². The third kappa shape index (κ3) is 32.9. The number of hydrogen-bond acceptors (Lipinski definition) is 22. The smallest absolute Gasteiger partial charge is 0.474 e. The van der Waals surface area contributed by atoms with Crippen molar-refractivity contribution in [1.82, 2.24) is 44.6 Å². The molecule has 120 heavy (non-hydrogen) atoms. The maximum absolute atomic E-state index is 13.1. The monoisotopic (exact) mass is 1800 g/mol. The molecule has 3 heterocycles. The van der Waals surface area contributed by atoms with E-state index < -0.39 is 34.5 Å². The molecule has 6 N–H and O–H groups in total. The van der Waals surface area contributed by atoms with Gasteiger partial charge in [0.25, 0.3) is 17.7 Å². The maximum atomic E-state index is 13.1. The fourth-order valence-corrected chi connectivity index (χ4v) is 13.4. The van der Waals surface area contributed by atoms with E-state index in [9.17, 15) is 47.6 Å². The van der Waals surface area contributed by atoms with Crippen LogP contribution in [0.25, 0.3) is 33.8 Å². The first-order chi connectivity index (χ1) is 56.1. The number of aliphatic hydroxyl groups excluding tert-OH is 1. The van der Waals surface area contributed by atoms with Crippen LogP contribution < -0.4 is 30.2 Å². The highest BCUT2D eigenvalue weighted by Gasteiger charge is 2.27. The molecule has 0 saturated carbocycles. The molecule has 37 heteroatoms. The van der Waals surface area contributed by atoms with Gasteiger partial charge in [0, 0.05) is 158 Å². The van der Waals surface area contributed by atoms with Crippen molar-refractivity contribution >= 4 is 104 Å². The first-order valence-electron chi connectivity index (χ1n) is 37.4. The minimum absolute atomic E-state index is 0. The van der Waals surface area contributed by atoms with Crippen molar-refractivity contribution in [2.24, 2.45) is 21.1 Å². The fourth-order valence-electron chi connectivity index (χ4n) is 11.6. The molecule has 0 saturated heterocycles. The summed E-state index contributed by atoms with van der Waals surface area (Å²) in [5, 5.41) is 19.4. The van der Waals surface area contributed by atoms with E-state index in [-0.39, 0.29) is 93.2 Å². The predicted molar refractivity (Wildman–Crippen MR) is 463 cm³/mol. The van der Waals surface area contributed by atoms with Gasteiger partial charge in [-0.3, -0.25) is 46.9 Å². The molecule has 0 unspecified atom stereocenters. The Morgan fingerprint density at radius 1 is 0.433 bits per heavy atom. The van der Waals surface area contributed by atoms with Crippen LogP contribution in [0.5, 0.6) is 17.2 Å².